The lowest BCUT2D eigenvalue weighted by atomic mass is 10.0. The maximum atomic E-state index is 11.7. The van der Waals surface area contributed by atoms with E-state index in [-0.39, 0.29) is 24.7 Å². The van der Waals surface area contributed by atoms with Crippen molar-refractivity contribution in [1.82, 2.24) is 5.32 Å². The van der Waals surface area contributed by atoms with E-state index in [2.05, 4.69) is 5.32 Å². The molecule has 0 radical (unpaired) electrons. The highest BCUT2D eigenvalue weighted by Gasteiger charge is 2.12. The fourth-order valence-electron chi connectivity index (χ4n) is 1.87. The fourth-order valence-corrected chi connectivity index (χ4v) is 1.87. The predicted octanol–water partition coefficient (Wildman–Crippen LogP) is 1.87. The number of benzene rings is 1. The monoisotopic (exact) mass is 278 g/mol. The maximum absolute atomic E-state index is 11.7. The molecule has 1 aromatic rings. The van der Waals surface area contributed by atoms with Gasteiger partial charge in [0.2, 0.25) is 5.91 Å². The van der Waals surface area contributed by atoms with Crippen LogP contribution in [-0.2, 0) is 16.1 Å². The van der Waals surface area contributed by atoms with Crippen molar-refractivity contribution in [3.8, 4) is 0 Å². The Kier molecular flexibility index (Phi) is 6.03. The van der Waals surface area contributed by atoms with Gasteiger partial charge in [-0.25, -0.2) is 0 Å². The minimum absolute atomic E-state index is 0.0188. The summed E-state index contributed by atoms with van der Waals surface area (Å²) in [4.78, 5) is 24.2. The molecule has 0 saturated carbocycles. The van der Waals surface area contributed by atoms with Gasteiger partial charge in [0.25, 0.3) is 0 Å². The lowest BCUT2D eigenvalue weighted by Crippen LogP contribution is -2.25. The predicted molar refractivity (Wildman–Crippen MR) is 78.6 cm³/mol. The highest BCUT2D eigenvalue weighted by atomic mass is 16.4. The van der Waals surface area contributed by atoms with Crippen molar-refractivity contribution in [2.24, 2.45) is 5.92 Å². The largest absolute Gasteiger partial charge is 0.481 e. The van der Waals surface area contributed by atoms with Gasteiger partial charge in [0, 0.05) is 39.2 Å². The van der Waals surface area contributed by atoms with Gasteiger partial charge in [-0.3, -0.25) is 9.59 Å². The lowest BCUT2D eigenvalue weighted by Gasteiger charge is -2.13. The van der Waals surface area contributed by atoms with E-state index < -0.39 is 5.97 Å². The fraction of sp³-hybridized carbons (Fsp3) is 0.467. The number of carbonyl (C=O) groups is 2. The van der Waals surface area contributed by atoms with Crippen LogP contribution in [0.4, 0.5) is 5.69 Å². The molecule has 1 atom stereocenters. The number of carbonyl (C=O) groups excluding carboxylic acids is 1. The minimum Gasteiger partial charge on any atom is -0.481 e. The molecule has 0 heterocycles. The van der Waals surface area contributed by atoms with E-state index in [0.717, 1.165) is 11.3 Å². The number of hydrogen-bond donors (Lipinski definition) is 2. The van der Waals surface area contributed by atoms with Crippen LogP contribution in [0.1, 0.15) is 25.3 Å². The molecular formula is C15H22N2O3. The molecule has 0 spiro atoms. The summed E-state index contributed by atoms with van der Waals surface area (Å²) in [7, 11) is 3.95. The molecule has 2 N–H and O–H groups in total. The molecular weight excluding hydrogens is 256 g/mol. The van der Waals surface area contributed by atoms with Gasteiger partial charge in [0.05, 0.1) is 0 Å². The van der Waals surface area contributed by atoms with E-state index in [1.54, 1.807) is 6.92 Å². The first-order valence-corrected chi connectivity index (χ1v) is 6.63. The van der Waals surface area contributed by atoms with E-state index >= 15 is 0 Å². The molecule has 1 unspecified atom stereocenters. The van der Waals surface area contributed by atoms with Crippen molar-refractivity contribution < 1.29 is 14.7 Å². The second-order valence-corrected chi connectivity index (χ2v) is 5.24. The van der Waals surface area contributed by atoms with Crippen molar-refractivity contribution in [1.29, 1.82) is 0 Å². The van der Waals surface area contributed by atoms with Gasteiger partial charge in [-0.2, -0.15) is 0 Å². The number of carboxylic acids is 1. The van der Waals surface area contributed by atoms with Crippen LogP contribution in [0.25, 0.3) is 0 Å². The first kappa shape index (κ1) is 16.0. The Labute approximate surface area is 119 Å². The quantitative estimate of drug-likeness (QED) is 0.799. The second-order valence-electron chi connectivity index (χ2n) is 5.24. The van der Waals surface area contributed by atoms with Gasteiger partial charge < -0.3 is 15.3 Å². The molecule has 0 aliphatic carbocycles. The Morgan fingerprint density at radius 3 is 2.30 bits per heavy atom. The number of nitrogens with zero attached hydrogens (tertiary/aromatic N) is 1. The number of nitrogens with one attached hydrogen (secondary N) is 1. The summed E-state index contributed by atoms with van der Waals surface area (Å²) in [5.41, 5.74) is 2.13. The Balaban J connectivity index is 2.39. The van der Waals surface area contributed by atoms with E-state index in [0.29, 0.717) is 6.54 Å². The Hall–Kier alpha value is -2.04. The average molecular weight is 278 g/mol. The number of carboxylic acid groups (broad SMARTS) is 1. The zero-order valence-electron chi connectivity index (χ0n) is 12.2. The average Bonchev–Trinajstić information content (AvgIpc) is 2.35. The van der Waals surface area contributed by atoms with E-state index in [4.69, 9.17) is 5.11 Å². The molecule has 0 aliphatic heterocycles. The molecule has 0 aliphatic rings. The zero-order valence-corrected chi connectivity index (χ0v) is 12.2. The van der Waals surface area contributed by atoms with Crippen molar-refractivity contribution >= 4 is 17.6 Å². The van der Waals surface area contributed by atoms with E-state index in [1.165, 1.54) is 0 Å². The molecule has 5 nitrogen and oxygen atoms in total. The zero-order chi connectivity index (χ0) is 15.1. The SMILES string of the molecule is CC(CC(=O)O)CC(=O)NCc1ccc(N(C)C)cc1. The number of anilines is 1. The van der Waals surface area contributed by atoms with Crippen LogP contribution in [0, 0.1) is 5.92 Å². The Bertz CT molecular complexity index is 455. The third-order valence-electron chi connectivity index (χ3n) is 3.00. The molecule has 20 heavy (non-hydrogen) atoms. The summed E-state index contributed by atoms with van der Waals surface area (Å²) in [6, 6.07) is 7.93. The van der Waals surface area contributed by atoms with Crippen LogP contribution in [0.2, 0.25) is 0 Å². The van der Waals surface area contributed by atoms with Gasteiger partial charge in [-0.1, -0.05) is 19.1 Å². The minimum atomic E-state index is -0.871. The number of hydrogen-bond acceptors (Lipinski definition) is 3. The standard InChI is InChI=1S/C15H22N2O3/c1-11(9-15(19)20)8-14(18)16-10-12-4-6-13(7-5-12)17(2)3/h4-7,11H,8-10H2,1-3H3,(H,16,18)(H,19,20). The van der Waals surface area contributed by atoms with E-state index in [1.807, 2.05) is 43.3 Å². The molecule has 110 valence electrons. The molecule has 0 fully saturated rings. The molecule has 1 rings (SSSR count). The topological polar surface area (TPSA) is 69.6 Å². The molecule has 1 aromatic carbocycles. The van der Waals surface area contributed by atoms with Gasteiger partial charge in [0.1, 0.15) is 0 Å². The highest BCUT2D eigenvalue weighted by molar-refractivity contribution is 5.77. The van der Waals surface area contributed by atoms with Gasteiger partial charge in [-0.15, -0.1) is 0 Å². The first-order valence-electron chi connectivity index (χ1n) is 6.63. The normalized spacial score (nSPS) is 11.8. The highest BCUT2D eigenvalue weighted by Crippen LogP contribution is 2.12. The summed E-state index contributed by atoms with van der Waals surface area (Å²) in [5, 5.41) is 11.4. The van der Waals surface area contributed by atoms with Gasteiger partial charge >= 0.3 is 5.97 Å². The third-order valence-corrected chi connectivity index (χ3v) is 3.00. The summed E-state index contributed by atoms with van der Waals surface area (Å²) in [6.45, 7) is 2.23. The van der Waals surface area contributed by atoms with Crippen molar-refractivity contribution in [2.75, 3.05) is 19.0 Å². The van der Waals surface area contributed by atoms with Gasteiger partial charge in [0.15, 0.2) is 0 Å². The molecule has 1 amide bonds. The van der Waals surface area contributed by atoms with E-state index in [9.17, 15) is 9.59 Å². The number of amides is 1. The first-order chi connectivity index (χ1) is 9.38. The summed E-state index contributed by atoms with van der Waals surface area (Å²) >= 11 is 0. The number of rotatable bonds is 7. The molecule has 0 aromatic heterocycles. The van der Waals surface area contributed by atoms with Gasteiger partial charge in [-0.05, 0) is 23.6 Å². The van der Waals surface area contributed by atoms with Crippen LogP contribution >= 0.6 is 0 Å². The van der Waals surface area contributed by atoms with Crippen LogP contribution in [0.5, 0.6) is 0 Å². The smallest absolute Gasteiger partial charge is 0.303 e. The van der Waals surface area contributed by atoms with Crippen LogP contribution in [-0.4, -0.2) is 31.1 Å². The molecule has 0 saturated heterocycles. The maximum Gasteiger partial charge on any atom is 0.303 e. The summed E-state index contributed by atoms with van der Waals surface area (Å²) in [5.74, 6) is -1.14. The van der Waals surface area contributed by atoms with Crippen LogP contribution in [0.15, 0.2) is 24.3 Å². The van der Waals surface area contributed by atoms with Crippen LogP contribution in [0.3, 0.4) is 0 Å². The Morgan fingerprint density at radius 2 is 1.80 bits per heavy atom. The molecule has 5 heteroatoms. The lowest BCUT2D eigenvalue weighted by molar-refractivity contribution is -0.138. The summed E-state index contributed by atoms with van der Waals surface area (Å²) < 4.78 is 0. The van der Waals surface area contributed by atoms with Crippen molar-refractivity contribution in [3.05, 3.63) is 29.8 Å². The van der Waals surface area contributed by atoms with Crippen molar-refractivity contribution in [3.63, 3.8) is 0 Å². The summed E-state index contributed by atoms with van der Waals surface area (Å²) in [6.07, 6.45) is 0.257. The Morgan fingerprint density at radius 1 is 1.20 bits per heavy atom. The third kappa shape index (κ3) is 5.73. The van der Waals surface area contributed by atoms with Crippen LogP contribution < -0.4 is 10.2 Å². The molecule has 0 bridgehead atoms. The van der Waals surface area contributed by atoms with Crippen molar-refractivity contribution in [2.45, 2.75) is 26.3 Å². The second kappa shape index (κ2) is 7.53. The number of aliphatic carboxylic acids is 1.